The zero-order chi connectivity index (χ0) is 9.61. The minimum Gasteiger partial charge on any atom is -0.382 e. The maximum absolute atomic E-state index is 10.8. The van der Waals surface area contributed by atoms with E-state index in [1.807, 2.05) is 0 Å². The second-order valence-corrected chi connectivity index (χ2v) is 4.26. The molecule has 0 fully saturated rings. The summed E-state index contributed by atoms with van der Waals surface area (Å²) in [6, 6.07) is 0. The Morgan fingerprint density at radius 1 is 1.33 bits per heavy atom. The Bertz CT molecular complexity index is 148. The van der Waals surface area contributed by atoms with Gasteiger partial charge in [0.05, 0.1) is 13.2 Å². The molecule has 1 N–H and O–H groups in total. The number of rotatable bonds is 6. The normalized spacial score (nSPS) is 16.4. The molecule has 0 bridgehead atoms. The number of hydrogen-bond acceptors (Lipinski definition) is 4. The maximum Gasteiger partial charge on any atom is 0.325 e. The molecule has 74 valence electrons. The van der Waals surface area contributed by atoms with Gasteiger partial charge in [0.15, 0.2) is 0 Å². The van der Waals surface area contributed by atoms with Crippen molar-refractivity contribution in [2.75, 3.05) is 34.1 Å². The van der Waals surface area contributed by atoms with Gasteiger partial charge in [-0.3, -0.25) is 4.57 Å². The molecular formula is C6H15O5P. The molecule has 0 saturated heterocycles. The van der Waals surface area contributed by atoms with E-state index < -0.39 is 13.7 Å². The Hall–Kier alpha value is 0.0700. The zero-order valence-corrected chi connectivity index (χ0v) is 8.41. The molecule has 0 aromatic heterocycles. The van der Waals surface area contributed by atoms with Gasteiger partial charge < -0.3 is 18.9 Å². The van der Waals surface area contributed by atoms with Crippen LogP contribution < -0.4 is 0 Å². The summed E-state index contributed by atoms with van der Waals surface area (Å²) in [5.74, 6) is 0. The molecule has 1 unspecified atom stereocenters. The van der Waals surface area contributed by atoms with Crippen LogP contribution in [0.25, 0.3) is 0 Å². The SMILES string of the molecule is COCC(COC)OP(C)(=O)O. The summed E-state index contributed by atoms with van der Waals surface area (Å²) in [7, 11) is -0.461. The van der Waals surface area contributed by atoms with Gasteiger partial charge in [0.2, 0.25) is 0 Å². The van der Waals surface area contributed by atoms with Crippen LogP contribution in [-0.4, -0.2) is 45.1 Å². The van der Waals surface area contributed by atoms with E-state index in [1.165, 1.54) is 14.2 Å². The lowest BCUT2D eigenvalue weighted by molar-refractivity contribution is 0.0196. The van der Waals surface area contributed by atoms with Gasteiger partial charge in [-0.25, -0.2) is 0 Å². The van der Waals surface area contributed by atoms with Crippen LogP contribution in [-0.2, 0) is 18.6 Å². The fourth-order valence-corrected chi connectivity index (χ4v) is 1.43. The number of methoxy groups -OCH3 is 2. The van der Waals surface area contributed by atoms with Crippen molar-refractivity contribution < 1.29 is 23.5 Å². The van der Waals surface area contributed by atoms with E-state index in [0.29, 0.717) is 0 Å². The molecule has 5 nitrogen and oxygen atoms in total. The van der Waals surface area contributed by atoms with E-state index in [4.69, 9.17) is 18.9 Å². The molecule has 0 spiro atoms. The maximum atomic E-state index is 10.8. The average molecular weight is 198 g/mol. The highest BCUT2D eigenvalue weighted by Crippen LogP contribution is 2.38. The Labute approximate surface area is 72.2 Å². The predicted octanol–water partition coefficient (Wildman–Crippen LogP) is 0.480. The van der Waals surface area contributed by atoms with Crippen LogP contribution in [0.5, 0.6) is 0 Å². The van der Waals surface area contributed by atoms with E-state index in [2.05, 4.69) is 0 Å². The molecule has 0 aliphatic rings. The van der Waals surface area contributed by atoms with E-state index in [9.17, 15) is 4.57 Å². The van der Waals surface area contributed by atoms with E-state index >= 15 is 0 Å². The largest absolute Gasteiger partial charge is 0.382 e. The fraction of sp³-hybridized carbons (Fsp3) is 1.00. The standard InChI is InChI=1S/C6H15O5P/c1-9-4-6(5-10-2)11-12(3,7)8/h6H,4-5H2,1-3H3,(H,7,8). The Kier molecular flexibility index (Phi) is 5.70. The quantitative estimate of drug-likeness (QED) is 0.629. The number of ether oxygens (including phenoxy) is 2. The molecule has 0 aromatic rings. The molecule has 0 aliphatic heterocycles. The third-order valence-electron chi connectivity index (χ3n) is 1.05. The Morgan fingerprint density at radius 3 is 2.00 bits per heavy atom. The van der Waals surface area contributed by atoms with Crippen molar-refractivity contribution in [2.45, 2.75) is 6.10 Å². The van der Waals surface area contributed by atoms with Crippen molar-refractivity contribution in [3.05, 3.63) is 0 Å². The van der Waals surface area contributed by atoms with Crippen molar-refractivity contribution in [1.82, 2.24) is 0 Å². The predicted molar refractivity (Wildman–Crippen MR) is 44.4 cm³/mol. The van der Waals surface area contributed by atoms with Crippen molar-refractivity contribution in [3.8, 4) is 0 Å². The average Bonchev–Trinajstić information content (AvgIpc) is 1.84. The fourth-order valence-electron chi connectivity index (χ4n) is 0.757. The first kappa shape index (κ1) is 12.1. The van der Waals surface area contributed by atoms with Crippen molar-refractivity contribution in [3.63, 3.8) is 0 Å². The van der Waals surface area contributed by atoms with E-state index in [-0.39, 0.29) is 13.2 Å². The monoisotopic (exact) mass is 198 g/mol. The smallest absolute Gasteiger partial charge is 0.325 e. The van der Waals surface area contributed by atoms with Crippen LogP contribution in [0.4, 0.5) is 0 Å². The lowest BCUT2D eigenvalue weighted by Crippen LogP contribution is -2.23. The van der Waals surface area contributed by atoms with Gasteiger partial charge in [-0.1, -0.05) is 0 Å². The van der Waals surface area contributed by atoms with Crippen LogP contribution in [0.1, 0.15) is 0 Å². The summed E-state index contributed by atoms with van der Waals surface area (Å²) in [5.41, 5.74) is 0. The third-order valence-corrected chi connectivity index (χ3v) is 1.74. The Morgan fingerprint density at radius 2 is 1.75 bits per heavy atom. The highest BCUT2D eigenvalue weighted by molar-refractivity contribution is 7.51. The Balaban J connectivity index is 3.86. The van der Waals surface area contributed by atoms with Crippen molar-refractivity contribution in [2.24, 2.45) is 0 Å². The first-order valence-electron chi connectivity index (χ1n) is 3.46. The van der Waals surface area contributed by atoms with Crippen molar-refractivity contribution >= 4 is 7.60 Å². The summed E-state index contributed by atoms with van der Waals surface area (Å²) in [5, 5.41) is 0. The molecule has 0 aromatic carbocycles. The lowest BCUT2D eigenvalue weighted by atomic mass is 10.4. The zero-order valence-electron chi connectivity index (χ0n) is 7.52. The van der Waals surface area contributed by atoms with Crippen LogP contribution in [0.2, 0.25) is 0 Å². The van der Waals surface area contributed by atoms with Gasteiger partial charge in [-0.2, -0.15) is 0 Å². The summed E-state index contributed by atoms with van der Waals surface area (Å²) in [6.07, 6.45) is -0.485. The van der Waals surface area contributed by atoms with Crippen LogP contribution in [0.3, 0.4) is 0 Å². The summed E-state index contributed by atoms with van der Waals surface area (Å²) >= 11 is 0. The molecule has 0 heterocycles. The van der Waals surface area contributed by atoms with Gasteiger partial charge in [0, 0.05) is 20.9 Å². The number of hydrogen-bond donors (Lipinski definition) is 1. The van der Waals surface area contributed by atoms with Crippen LogP contribution >= 0.6 is 7.60 Å². The molecule has 1 atom stereocenters. The van der Waals surface area contributed by atoms with Gasteiger partial charge >= 0.3 is 7.60 Å². The highest BCUT2D eigenvalue weighted by Gasteiger charge is 2.18. The van der Waals surface area contributed by atoms with Crippen LogP contribution in [0.15, 0.2) is 0 Å². The van der Waals surface area contributed by atoms with E-state index in [1.54, 1.807) is 0 Å². The van der Waals surface area contributed by atoms with Crippen molar-refractivity contribution in [1.29, 1.82) is 0 Å². The minimum atomic E-state index is -3.44. The summed E-state index contributed by atoms with van der Waals surface area (Å²) < 4.78 is 25.1. The molecular weight excluding hydrogens is 183 g/mol. The van der Waals surface area contributed by atoms with E-state index in [0.717, 1.165) is 6.66 Å². The van der Waals surface area contributed by atoms with Gasteiger partial charge in [-0.15, -0.1) is 0 Å². The first-order chi connectivity index (χ1) is 5.49. The molecule has 6 heteroatoms. The van der Waals surface area contributed by atoms with Gasteiger partial charge in [0.25, 0.3) is 0 Å². The summed E-state index contributed by atoms with van der Waals surface area (Å²) in [4.78, 5) is 8.86. The van der Waals surface area contributed by atoms with Crippen LogP contribution in [0, 0.1) is 0 Å². The van der Waals surface area contributed by atoms with Gasteiger partial charge in [-0.05, 0) is 0 Å². The summed E-state index contributed by atoms with van der Waals surface area (Å²) in [6.45, 7) is 1.61. The first-order valence-corrected chi connectivity index (χ1v) is 5.48. The molecule has 0 aliphatic carbocycles. The van der Waals surface area contributed by atoms with Gasteiger partial charge in [0.1, 0.15) is 6.10 Å². The third kappa shape index (κ3) is 6.76. The topological polar surface area (TPSA) is 65.0 Å². The molecule has 12 heavy (non-hydrogen) atoms. The minimum absolute atomic E-state index is 0.242. The highest BCUT2D eigenvalue weighted by atomic mass is 31.2. The second-order valence-electron chi connectivity index (χ2n) is 2.44. The molecule has 0 rings (SSSR count). The second kappa shape index (κ2) is 5.67. The molecule has 0 radical (unpaired) electrons. The molecule has 0 amide bonds. The molecule has 0 saturated carbocycles. The lowest BCUT2D eigenvalue weighted by Gasteiger charge is -2.17.